The Hall–Kier alpha value is -2.60. The normalized spacial score (nSPS) is 14.5. The van der Waals surface area contributed by atoms with E-state index in [1.54, 1.807) is 11.3 Å². The van der Waals surface area contributed by atoms with Crippen molar-refractivity contribution in [2.75, 3.05) is 37.7 Å². The second-order valence-corrected chi connectivity index (χ2v) is 9.04. The summed E-state index contributed by atoms with van der Waals surface area (Å²) in [7, 11) is 0. The Morgan fingerprint density at radius 2 is 1.93 bits per heavy atom. The number of carbonyl (C=O) groups excluding carboxylic acids is 1. The number of amides is 1. The molecule has 0 spiro atoms. The SMILES string of the molecule is CCc1ccc2nc(N3CCN(C(=O)COc4cccc(C(C)C)c4)CC3)sc2c1. The average Bonchev–Trinajstić information content (AvgIpc) is 3.21. The van der Waals surface area contributed by atoms with Crippen LogP contribution in [-0.4, -0.2) is 48.6 Å². The largest absolute Gasteiger partial charge is 0.484 e. The zero-order valence-corrected chi connectivity index (χ0v) is 18.7. The van der Waals surface area contributed by atoms with Crippen LogP contribution >= 0.6 is 11.3 Å². The molecule has 30 heavy (non-hydrogen) atoms. The fourth-order valence-corrected chi connectivity index (χ4v) is 4.74. The maximum atomic E-state index is 12.6. The quantitative estimate of drug-likeness (QED) is 0.576. The highest BCUT2D eigenvalue weighted by Gasteiger charge is 2.23. The summed E-state index contributed by atoms with van der Waals surface area (Å²) in [5.74, 6) is 1.24. The summed E-state index contributed by atoms with van der Waals surface area (Å²) in [4.78, 5) is 21.6. The molecule has 0 aliphatic carbocycles. The van der Waals surface area contributed by atoms with Crippen LogP contribution in [0.3, 0.4) is 0 Å². The predicted octanol–water partition coefficient (Wildman–Crippen LogP) is 4.71. The van der Waals surface area contributed by atoms with E-state index in [2.05, 4.69) is 49.9 Å². The number of nitrogens with zero attached hydrogens (tertiary/aromatic N) is 3. The number of aromatic nitrogens is 1. The summed E-state index contributed by atoms with van der Waals surface area (Å²) in [6.07, 6.45) is 1.04. The van der Waals surface area contributed by atoms with Crippen LogP contribution in [0.5, 0.6) is 5.75 Å². The fraction of sp³-hybridized carbons (Fsp3) is 0.417. The molecule has 5 nitrogen and oxygen atoms in total. The minimum Gasteiger partial charge on any atom is -0.484 e. The first-order valence-corrected chi connectivity index (χ1v) is 11.5. The Morgan fingerprint density at radius 1 is 1.13 bits per heavy atom. The summed E-state index contributed by atoms with van der Waals surface area (Å²) in [5.41, 5.74) is 3.62. The van der Waals surface area contributed by atoms with Gasteiger partial charge in [0.2, 0.25) is 0 Å². The lowest BCUT2D eigenvalue weighted by atomic mass is 10.0. The molecule has 4 rings (SSSR count). The van der Waals surface area contributed by atoms with E-state index in [4.69, 9.17) is 9.72 Å². The number of ether oxygens (including phenoxy) is 1. The minimum absolute atomic E-state index is 0.0430. The second-order valence-electron chi connectivity index (χ2n) is 8.04. The molecular formula is C24H29N3O2S. The first-order valence-electron chi connectivity index (χ1n) is 10.7. The smallest absolute Gasteiger partial charge is 0.260 e. The molecule has 1 fully saturated rings. The topological polar surface area (TPSA) is 45.7 Å². The van der Waals surface area contributed by atoms with Gasteiger partial charge in [0.05, 0.1) is 10.2 Å². The zero-order valence-electron chi connectivity index (χ0n) is 17.9. The van der Waals surface area contributed by atoms with Gasteiger partial charge in [0, 0.05) is 26.2 Å². The molecule has 0 radical (unpaired) electrons. The van der Waals surface area contributed by atoms with Gasteiger partial charge < -0.3 is 14.5 Å². The van der Waals surface area contributed by atoms with Crippen molar-refractivity contribution in [3.05, 3.63) is 53.6 Å². The number of hydrogen-bond donors (Lipinski definition) is 0. The van der Waals surface area contributed by atoms with Gasteiger partial charge in [-0.2, -0.15) is 0 Å². The zero-order chi connectivity index (χ0) is 21.1. The standard InChI is InChI=1S/C24H29N3O2S/c1-4-18-8-9-21-22(14-18)30-24(25-21)27-12-10-26(11-13-27)23(28)16-29-20-7-5-6-19(15-20)17(2)3/h5-9,14-15,17H,4,10-13,16H2,1-3H3. The molecule has 2 aromatic carbocycles. The number of benzene rings is 2. The molecule has 1 amide bonds. The molecule has 6 heteroatoms. The summed E-state index contributed by atoms with van der Waals surface area (Å²) < 4.78 is 7.01. The molecule has 1 saturated heterocycles. The van der Waals surface area contributed by atoms with E-state index in [1.165, 1.54) is 15.8 Å². The molecule has 0 bridgehead atoms. The van der Waals surface area contributed by atoms with Crippen LogP contribution in [0.25, 0.3) is 10.2 Å². The lowest BCUT2D eigenvalue weighted by Gasteiger charge is -2.34. The summed E-state index contributed by atoms with van der Waals surface area (Å²) >= 11 is 1.74. The molecule has 0 unspecified atom stereocenters. The fourth-order valence-electron chi connectivity index (χ4n) is 3.66. The van der Waals surface area contributed by atoms with Crippen molar-refractivity contribution in [2.24, 2.45) is 0 Å². The third-order valence-corrected chi connectivity index (χ3v) is 6.72. The van der Waals surface area contributed by atoms with Gasteiger partial charge in [0.1, 0.15) is 5.75 Å². The minimum atomic E-state index is 0.0430. The Bertz CT molecular complexity index is 1020. The first kappa shape index (κ1) is 20.7. The van der Waals surface area contributed by atoms with Crippen molar-refractivity contribution in [3.8, 4) is 5.75 Å². The molecule has 2 heterocycles. The number of aryl methyl sites for hydroxylation is 1. The van der Waals surface area contributed by atoms with Crippen LogP contribution in [0.4, 0.5) is 5.13 Å². The van der Waals surface area contributed by atoms with E-state index in [-0.39, 0.29) is 12.5 Å². The maximum absolute atomic E-state index is 12.6. The molecule has 3 aromatic rings. The third kappa shape index (κ3) is 4.59. The van der Waals surface area contributed by atoms with E-state index < -0.39 is 0 Å². The van der Waals surface area contributed by atoms with E-state index in [1.807, 2.05) is 23.1 Å². The van der Waals surface area contributed by atoms with Crippen molar-refractivity contribution in [2.45, 2.75) is 33.1 Å². The monoisotopic (exact) mass is 423 g/mol. The Balaban J connectivity index is 1.32. The van der Waals surface area contributed by atoms with Crippen molar-refractivity contribution >= 4 is 32.6 Å². The molecule has 1 aliphatic heterocycles. The van der Waals surface area contributed by atoms with E-state index in [0.29, 0.717) is 19.0 Å². The van der Waals surface area contributed by atoms with Crippen LogP contribution in [-0.2, 0) is 11.2 Å². The van der Waals surface area contributed by atoms with Crippen molar-refractivity contribution in [3.63, 3.8) is 0 Å². The third-order valence-electron chi connectivity index (χ3n) is 5.64. The number of hydrogen-bond acceptors (Lipinski definition) is 5. The van der Waals surface area contributed by atoms with E-state index in [0.717, 1.165) is 35.9 Å². The summed E-state index contributed by atoms with van der Waals surface area (Å²) in [5, 5.41) is 1.05. The van der Waals surface area contributed by atoms with E-state index in [9.17, 15) is 4.79 Å². The van der Waals surface area contributed by atoms with E-state index >= 15 is 0 Å². The molecule has 158 valence electrons. The number of fused-ring (bicyclic) bond motifs is 1. The molecule has 1 aromatic heterocycles. The van der Waals surface area contributed by atoms with Crippen LogP contribution < -0.4 is 9.64 Å². The highest BCUT2D eigenvalue weighted by molar-refractivity contribution is 7.22. The van der Waals surface area contributed by atoms with Gasteiger partial charge in [-0.25, -0.2) is 4.98 Å². The van der Waals surface area contributed by atoms with Crippen LogP contribution in [0.1, 0.15) is 37.8 Å². The lowest BCUT2D eigenvalue weighted by molar-refractivity contribution is -0.133. The predicted molar refractivity (Wildman–Crippen MR) is 124 cm³/mol. The molecular weight excluding hydrogens is 394 g/mol. The van der Waals surface area contributed by atoms with Gasteiger partial charge in [-0.1, -0.05) is 50.3 Å². The Morgan fingerprint density at radius 3 is 2.67 bits per heavy atom. The van der Waals surface area contributed by atoms with Crippen molar-refractivity contribution in [1.29, 1.82) is 0 Å². The van der Waals surface area contributed by atoms with Crippen molar-refractivity contribution in [1.82, 2.24) is 9.88 Å². The highest BCUT2D eigenvalue weighted by atomic mass is 32.1. The summed E-state index contributed by atoms with van der Waals surface area (Å²) in [6, 6.07) is 14.5. The number of rotatable bonds is 6. The van der Waals surface area contributed by atoms with Gasteiger partial charge in [0.15, 0.2) is 11.7 Å². The number of anilines is 1. The van der Waals surface area contributed by atoms with Crippen LogP contribution in [0.2, 0.25) is 0 Å². The first-order chi connectivity index (χ1) is 14.5. The maximum Gasteiger partial charge on any atom is 0.260 e. The molecule has 0 N–H and O–H groups in total. The molecule has 0 atom stereocenters. The number of thiazole rings is 1. The molecule has 0 saturated carbocycles. The number of piperazine rings is 1. The highest BCUT2D eigenvalue weighted by Crippen LogP contribution is 2.30. The van der Waals surface area contributed by atoms with Gasteiger partial charge in [0.25, 0.3) is 5.91 Å². The van der Waals surface area contributed by atoms with Crippen LogP contribution in [0, 0.1) is 0 Å². The average molecular weight is 424 g/mol. The Kier molecular flexibility index (Phi) is 6.23. The Labute approximate surface area is 182 Å². The van der Waals surface area contributed by atoms with Crippen LogP contribution in [0.15, 0.2) is 42.5 Å². The van der Waals surface area contributed by atoms with Gasteiger partial charge in [-0.05, 0) is 47.7 Å². The lowest BCUT2D eigenvalue weighted by Crippen LogP contribution is -2.50. The second kappa shape index (κ2) is 9.04. The van der Waals surface area contributed by atoms with Crippen molar-refractivity contribution < 1.29 is 9.53 Å². The molecule has 1 aliphatic rings. The van der Waals surface area contributed by atoms with Gasteiger partial charge in [-0.15, -0.1) is 0 Å². The van der Waals surface area contributed by atoms with Gasteiger partial charge >= 0.3 is 0 Å². The number of carbonyl (C=O) groups is 1. The summed E-state index contributed by atoms with van der Waals surface area (Å²) in [6.45, 7) is 9.56. The van der Waals surface area contributed by atoms with Gasteiger partial charge in [-0.3, -0.25) is 4.79 Å².